The Kier molecular flexibility index (Phi) is 6.81. The van der Waals surface area contributed by atoms with Crippen LogP contribution in [-0.2, 0) is 0 Å². The highest BCUT2D eigenvalue weighted by atomic mass is 16.3. The Labute approximate surface area is 295 Å². The summed E-state index contributed by atoms with van der Waals surface area (Å²) in [5.74, 6) is 0. The van der Waals surface area contributed by atoms with Gasteiger partial charge in [0.25, 0.3) is 0 Å². The third-order valence-corrected chi connectivity index (χ3v) is 9.99. The van der Waals surface area contributed by atoms with Gasteiger partial charge in [-0.2, -0.15) is 0 Å². The van der Waals surface area contributed by atoms with E-state index in [0.29, 0.717) is 0 Å². The molecule has 51 heavy (non-hydrogen) atoms. The summed E-state index contributed by atoms with van der Waals surface area (Å²) in [5, 5.41) is 4.77. The van der Waals surface area contributed by atoms with Gasteiger partial charge >= 0.3 is 0 Å². The van der Waals surface area contributed by atoms with Gasteiger partial charge in [-0.25, -0.2) is 0 Å². The van der Waals surface area contributed by atoms with Crippen molar-refractivity contribution in [3.8, 4) is 27.9 Å². The van der Waals surface area contributed by atoms with Gasteiger partial charge in [-0.15, -0.1) is 0 Å². The molecule has 0 atom stereocenters. The monoisotopic (exact) mass is 652 g/mol. The highest BCUT2D eigenvalue weighted by Crippen LogP contribution is 2.43. The van der Waals surface area contributed by atoms with E-state index in [1.807, 2.05) is 12.1 Å². The third kappa shape index (κ3) is 4.90. The van der Waals surface area contributed by atoms with Crippen molar-refractivity contribution >= 4 is 60.8 Å². The summed E-state index contributed by atoms with van der Waals surface area (Å²) < 4.78 is 8.75. The van der Waals surface area contributed by atoms with Crippen molar-refractivity contribution in [1.82, 2.24) is 4.57 Å². The van der Waals surface area contributed by atoms with Crippen LogP contribution < -0.4 is 4.90 Å². The fraction of sp³-hybridized carbons (Fsp3) is 0. The van der Waals surface area contributed by atoms with Crippen molar-refractivity contribution in [2.45, 2.75) is 0 Å². The predicted octanol–water partition coefficient (Wildman–Crippen LogP) is 13.5. The molecule has 240 valence electrons. The van der Waals surface area contributed by atoms with E-state index in [1.54, 1.807) is 0 Å². The van der Waals surface area contributed by atoms with Crippen molar-refractivity contribution < 1.29 is 4.42 Å². The van der Waals surface area contributed by atoms with Crippen LogP contribution in [0.5, 0.6) is 0 Å². The number of benzene rings is 8. The number of nitrogens with zero attached hydrogens (tertiary/aromatic N) is 2. The van der Waals surface area contributed by atoms with Crippen LogP contribution in [0.2, 0.25) is 0 Å². The van der Waals surface area contributed by atoms with Crippen molar-refractivity contribution in [2.24, 2.45) is 0 Å². The molecule has 3 nitrogen and oxygen atoms in total. The molecule has 0 spiro atoms. The van der Waals surface area contributed by atoms with Crippen molar-refractivity contribution in [3.05, 3.63) is 194 Å². The zero-order valence-electron chi connectivity index (χ0n) is 27.8. The minimum atomic E-state index is 0.868. The summed E-state index contributed by atoms with van der Waals surface area (Å²) in [4.78, 5) is 2.35. The molecule has 0 N–H and O–H groups in total. The Morgan fingerprint density at radius 1 is 0.373 bits per heavy atom. The third-order valence-electron chi connectivity index (χ3n) is 9.99. The molecule has 0 saturated carbocycles. The molecule has 0 saturated heterocycles. The summed E-state index contributed by atoms with van der Waals surface area (Å²) in [7, 11) is 0. The lowest BCUT2D eigenvalue weighted by Crippen LogP contribution is -2.11. The van der Waals surface area contributed by atoms with Crippen LogP contribution in [0.4, 0.5) is 17.1 Å². The molecule has 10 aromatic rings. The zero-order chi connectivity index (χ0) is 33.7. The normalized spacial score (nSPS) is 11.5. The van der Waals surface area contributed by atoms with Gasteiger partial charge in [0.2, 0.25) is 0 Å². The van der Waals surface area contributed by atoms with Gasteiger partial charge in [-0.05, 0) is 77.4 Å². The molecule has 0 radical (unpaired) electrons. The number of hydrogen-bond acceptors (Lipinski definition) is 2. The summed E-state index contributed by atoms with van der Waals surface area (Å²) in [6, 6.07) is 69.1. The van der Waals surface area contributed by atoms with Gasteiger partial charge < -0.3 is 13.9 Å². The number of hydrogen-bond donors (Lipinski definition) is 0. The Morgan fingerprint density at radius 2 is 0.980 bits per heavy atom. The Bertz CT molecular complexity index is 2810. The molecular formula is C48H32N2O. The van der Waals surface area contributed by atoms with Crippen LogP contribution in [0.15, 0.2) is 199 Å². The van der Waals surface area contributed by atoms with Gasteiger partial charge in [0, 0.05) is 50.2 Å². The first-order valence-corrected chi connectivity index (χ1v) is 17.4. The minimum Gasteiger partial charge on any atom is -0.456 e. The maximum absolute atomic E-state index is 6.39. The molecular weight excluding hydrogens is 621 g/mol. The average Bonchev–Trinajstić information content (AvgIpc) is 3.74. The fourth-order valence-electron chi connectivity index (χ4n) is 7.64. The molecule has 0 unspecified atom stereocenters. The van der Waals surface area contributed by atoms with E-state index in [4.69, 9.17) is 4.42 Å². The number of rotatable bonds is 6. The molecule has 0 aliphatic rings. The summed E-state index contributed by atoms with van der Waals surface area (Å²) in [6.45, 7) is 0. The predicted molar refractivity (Wildman–Crippen MR) is 214 cm³/mol. The van der Waals surface area contributed by atoms with Crippen LogP contribution in [0.25, 0.3) is 71.7 Å². The molecule has 0 amide bonds. The Balaban J connectivity index is 1.11. The molecule has 2 aromatic heterocycles. The van der Waals surface area contributed by atoms with E-state index in [2.05, 4.69) is 191 Å². The smallest absolute Gasteiger partial charge is 0.137 e. The van der Waals surface area contributed by atoms with Crippen LogP contribution in [0, 0.1) is 0 Å². The summed E-state index contributed by atoms with van der Waals surface area (Å²) in [5.41, 5.74) is 13.1. The lowest BCUT2D eigenvalue weighted by Gasteiger charge is -2.28. The SMILES string of the molecule is c1ccc(-c2ccccc2N(c2cccc(-c3ccc(-n4c5ccccc5c5ccccc54)cc3)c2)c2ccc3c(c2)oc2ccccc23)cc1. The molecule has 0 fully saturated rings. The van der Waals surface area contributed by atoms with Crippen molar-refractivity contribution in [3.63, 3.8) is 0 Å². The second kappa shape index (κ2) is 11.9. The van der Waals surface area contributed by atoms with E-state index >= 15 is 0 Å². The number of para-hydroxylation sites is 4. The minimum absolute atomic E-state index is 0.868. The van der Waals surface area contributed by atoms with Crippen molar-refractivity contribution in [2.75, 3.05) is 4.90 Å². The molecule has 3 heteroatoms. The van der Waals surface area contributed by atoms with Crippen LogP contribution in [0.3, 0.4) is 0 Å². The lowest BCUT2D eigenvalue weighted by atomic mass is 10.0. The largest absolute Gasteiger partial charge is 0.456 e. The second-order valence-corrected chi connectivity index (χ2v) is 13.0. The van der Waals surface area contributed by atoms with E-state index in [-0.39, 0.29) is 0 Å². The summed E-state index contributed by atoms with van der Waals surface area (Å²) in [6.07, 6.45) is 0. The quantitative estimate of drug-likeness (QED) is 0.178. The first-order chi connectivity index (χ1) is 25.3. The van der Waals surface area contributed by atoms with Gasteiger partial charge in [0.1, 0.15) is 11.2 Å². The fourth-order valence-corrected chi connectivity index (χ4v) is 7.64. The van der Waals surface area contributed by atoms with E-state index in [1.165, 1.54) is 27.4 Å². The highest BCUT2D eigenvalue weighted by molar-refractivity contribution is 6.09. The number of furan rings is 1. The number of fused-ring (bicyclic) bond motifs is 6. The van der Waals surface area contributed by atoms with E-state index in [9.17, 15) is 0 Å². The van der Waals surface area contributed by atoms with Gasteiger partial charge in [0.15, 0.2) is 0 Å². The maximum Gasteiger partial charge on any atom is 0.137 e. The van der Waals surface area contributed by atoms with Gasteiger partial charge in [0.05, 0.1) is 16.7 Å². The first kappa shape index (κ1) is 29.1. The van der Waals surface area contributed by atoms with Crippen molar-refractivity contribution in [1.29, 1.82) is 0 Å². The standard InChI is InChI=1S/C48H32N2O/c1-2-13-34(14-3-1)39-17-4-8-21-44(39)49(38-29-30-43-42-20-7-11-24-47(42)51-48(43)32-38)37-16-12-15-35(31-37)33-25-27-36(28-26-33)50-45-22-9-5-18-40(45)41-19-6-10-23-46(41)50/h1-32H. The molecule has 0 aliphatic carbocycles. The molecule has 2 heterocycles. The lowest BCUT2D eigenvalue weighted by molar-refractivity contribution is 0.669. The Morgan fingerprint density at radius 3 is 1.76 bits per heavy atom. The van der Waals surface area contributed by atoms with Crippen LogP contribution in [-0.4, -0.2) is 4.57 Å². The maximum atomic E-state index is 6.39. The zero-order valence-corrected chi connectivity index (χ0v) is 27.8. The Hall–Kier alpha value is -6.84. The topological polar surface area (TPSA) is 21.3 Å². The van der Waals surface area contributed by atoms with Crippen LogP contribution in [0.1, 0.15) is 0 Å². The van der Waals surface area contributed by atoms with Gasteiger partial charge in [-0.3, -0.25) is 0 Å². The second-order valence-electron chi connectivity index (χ2n) is 13.0. The average molecular weight is 653 g/mol. The summed E-state index contributed by atoms with van der Waals surface area (Å²) >= 11 is 0. The number of anilines is 3. The number of aromatic nitrogens is 1. The first-order valence-electron chi connectivity index (χ1n) is 17.4. The molecule has 0 bridgehead atoms. The van der Waals surface area contributed by atoms with E-state index in [0.717, 1.165) is 61.4 Å². The molecule has 0 aliphatic heterocycles. The van der Waals surface area contributed by atoms with E-state index < -0.39 is 0 Å². The van der Waals surface area contributed by atoms with Gasteiger partial charge in [-0.1, -0.05) is 127 Å². The highest BCUT2D eigenvalue weighted by Gasteiger charge is 2.19. The van der Waals surface area contributed by atoms with Crippen LogP contribution >= 0.6 is 0 Å². The molecule has 10 rings (SSSR count). The molecule has 8 aromatic carbocycles.